The first-order valence-corrected chi connectivity index (χ1v) is 18.0. The molecule has 0 saturated carbocycles. The summed E-state index contributed by atoms with van der Waals surface area (Å²) in [5.41, 5.74) is 0. The lowest BCUT2D eigenvalue weighted by Crippen LogP contribution is -2.61. The van der Waals surface area contributed by atoms with Crippen LogP contribution in [-0.4, -0.2) is 118 Å². The molecule has 1 N–H and O–H groups in total. The molecule has 5 rings (SSSR count). The van der Waals surface area contributed by atoms with E-state index in [9.17, 15) is 26.4 Å². The number of carbonyl (C=O) groups excluding carboxylic acids is 2. The predicted molar refractivity (Wildman–Crippen MR) is 159 cm³/mol. The number of carbonyl (C=O) groups is 2. The van der Waals surface area contributed by atoms with Gasteiger partial charge in [0.2, 0.25) is 31.9 Å². The van der Waals surface area contributed by atoms with Crippen LogP contribution in [0.15, 0.2) is 45.8 Å². The summed E-state index contributed by atoms with van der Waals surface area (Å²) >= 11 is 3.42. The van der Waals surface area contributed by atoms with Crippen LogP contribution in [-0.2, 0) is 29.6 Å². The van der Waals surface area contributed by atoms with Gasteiger partial charge < -0.3 is 14.7 Å². The van der Waals surface area contributed by atoms with E-state index in [1.54, 1.807) is 17.0 Å². The number of nitrogens with zero attached hydrogens (tertiary/aromatic N) is 4. The number of amides is 2. The summed E-state index contributed by atoms with van der Waals surface area (Å²) in [6.07, 6.45) is 4.23. The van der Waals surface area contributed by atoms with Crippen LogP contribution in [0.3, 0.4) is 0 Å². The fraction of sp³-hybridized carbons (Fsp3) is 0.556. The third kappa shape index (κ3) is 7.11. The zero-order chi connectivity index (χ0) is 29.4. The topological polar surface area (TPSA) is 127 Å². The maximum Gasteiger partial charge on any atom is 0.242 e. The van der Waals surface area contributed by atoms with Crippen molar-refractivity contribution in [2.75, 3.05) is 58.6 Å². The van der Waals surface area contributed by atoms with Gasteiger partial charge in [-0.25, -0.2) is 16.8 Å². The highest BCUT2D eigenvalue weighted by Crippen LogP contribution is 2.24. The van der Waals surface area contributed by atoms with Crippen LogP contribution in [0.2, 0.25) is 0 Å². The van der Waals surface area contributed by atoms with Crippen LogP contribution in [0.5, 0.6) is 0 Å². The van der Waals surface area contributed by atoms with Crippen molar-refractivity contribution in [3.63, 3.8) is 0 Å². The molecule has 0 aliphatic carbocycles. The molecule has 14 heteroatoms. The normalized spacial score (nSPS) is 23.4. The van der Waals surface area contributed by atoms with E-state index < -0.39 is 32.0 Å². The molecular weight excluding hydrogens is 634 g/mol. The minimum Gasteiger partial charge on any atom is -0.334 e. The Kier molecular flexibility index (Phi) is 9.07. The first-order chi connectivity index (χ1) is 19.4. The lowest BCUT2D eigenvalue weighted by atomic mass is 10.1. The van der Waals surface area contributed by atoms with Gasteiger partial charge in [0.05, 0.1) is 23.7 Å². The van der Waals surface area contributed by atoms with Gasteiger partial charge in [0.1, 0.15) is 6.04 Å². The van der Waals surface area contributed by atoms with Crippen LogP contribution in [0.4, 0.5) is 0 Å². The van der Waals surface area contributed by atoms with Crippen LogP contribution < -0.4 is 4.72 Å². The van der Waals surface area contributed by atoms with E-state index >= 15 is 0 Å². The lowest BCUT2D eigenvalue weighted by Gasteiger charge is -2.43. The summed E-state index contributed by atoms with van der Waals surface area (Å²) in [6, 6.07) is 9.10. The summed E-state index contributed by atoms with van der Waals surface area (Å²) in [5, 5.41) is 1.65. The Morgan fingerprint density at radius 3 is 2.39 bits per heavy atom. The number of hydrogen-bond donors (Lipinski definition) is 1. The zero-order valence-corrected chi connectivity index (χ0v) is 26.3. The Hall–Kier alpha value is -2.10. The third-order valence-corrected chi connectivity index (χ3v) is 11.4. The average Bonchev–Trinajstić information content (AvgIpc) is 3.43. The van der Waals surface area contributed by atoms with Gasteiger partial charge in [0.25, 0.3) is 0 Å². The van der Waals surface area contributed by atoms with Gasteiger partial charge in [-0.2, -0.15) is 9.03 Å². The number of rotatable bonds is 8. The van der Waals surface area contributed by atoms with Gasteiger partial charge in [0.15, 0.2) is 0 Å². The number of hydrogen-bond acceptors (Lipinski definition) is 7. The summed E-state index contributed by atoms with van der Waals surface area (Å²) in [4.78, 5) is 32.3. The Bertz CT molecular complexity index is 1530. The highest BCUT2D eigenvalue weighted by atomic mass is 79.9. The molecule has 3 aliphatic rings. The molecule has 2 aromatic rings. The predicted octanol–water partition coefficient (Wildman–Crippen LogP) is 1.44. The highest BCUT2D eigenvalue weighted by Gasteiger charge is 2.38. The number of sulfonamides is 2. The van der Waals surface area contributed by atoms with Crippen LogP contribution in [0.25, 0.3) is 10.8 Å². The summed E-state index contributed by atoms with van der Waals surface area (Å²) in [7, 11) is -7.38. The number of piperazine rings is 1. The van der Waals surface area contributed by atoms with Gasteiger partial charge in [0, 0.05) is 37.2 Å². The van der Waals surface area contributed by atoms with E-state index in [2.05, 4.69) is 25.6 Å². The fourth-order valence-electron chi connectivity index (χ4n) is 5.95. The molecule has 2 atom stereocenters. The summed E-state index contributed by atoms with van der Waals surface area (Å²) < 4.78 is 55.8. The molecule has 3 heterocycles. The van der Waals surface area contributed by atoms with Crippen LogP contribution in [0, 0.1) is 0 Å². The molecule has 0 spiro atoms. The van der Waals surface area contributed by atoms with E-state index in [4.69, 9.17) is 0 Å². The van der Waals surface area contributed by atoms with Gasteiger partial charge in [-0.15, -0.1) is 0 Å². The Morgan fingerprint density at radius 2 is 1.66 bits per heavy atom. The smallest absolute Gasteiger partial charge is 0.242 e. The van der Waals surface area contributed by atoms with Crippen molar-refractivity contribution in [2.24, 2.45) is 0 Å². The van der Waals surface area contributed by atoms with Crippen molar-refractivity contribution in [1.29, 1.82) is 0 Å². The molecule has 3 aliphatic heterocycles. The maximum absolute atomic E-state index is 13.5. The van der Waals surface area contributed by atoms with Gasteiger partial charge in [-0.05, 0) is 73.8 Å². The first-order valence-electron chi connectivity index (χ1n) is 13.9. The number of likely N-dealkylation sites (tertiary alicyclic amines) is 2. The maximum atomic E-state index is 13.5. The zero-order valence-electron chi connectivity index (χ0n) is 23.0. The van der Waals surface area contributed by atoms with Crippen molar-refractivity contribution >= 4 is 58.6 Å². The van der Waals surface area contributed by atoms with Crippen LogP contribution >= 0.6 is 15.9 Å². The monoisotopic (exact) mass is 669 g/mol. The molecule has 41 heavy (non-hydrogen) atoms. The van der Waals surface area contributed by atoms with E-state index in [0.29, 0.717) is 25.9 Å². The molecule has 0 aromatic heterocycles. The third-order valence-electron chi connectivity index (χ3n) is 8.14. The van der Waals surface area contributed by atoms with Crippen molar-refractivity contribution in [2.45, 2.75) is 42.7 Å². The Labute approximate surface area is 250 Å². The number of fused-ring (bicyclic) bond motifs is 1. The van der Waals surface area contributed by atoms with E-state index in [1.807, 2.05) is 18.2 Å². The van der Waals surface area contributed by atoms with E-state index in [1.165, 1.54) is 21.5 Å². The number of halogens is 1. The second-order valence-corrected chi connectivity index (χ2v) is 15.7. The molecule has 0 bridgehead atoms. The number of nitrogens with one attached hydrogen (secondary N) is 1. The highest BCUT2D eigenvalue weighted by molar-refractivity contribution is 9.10. The molecule has 2 aromatic carbocycles. The summed E-state index contributed by atoms with van der Waals surface area (Å²) in [5.74, 6) is -0.677. The molecule has 11 nitrogen and oxygen atoms in total. The molecule has 2 amide bonds. The second kappa shape index (κ2) is 12.3. The number of piperidine rings is 1. The standard InChI is InChI=1S/C27H36BrN5O6S2/c1-40(36,37)32-13-14-33(23(18-32)17-30-10-2-3-11-30)26(34)19-31-12-4-5-25(27(31)35)29-41(38,39)24-9-7-20-15-22(28)8-6-21(20)16-24/h6-9,15-16,23,25,29H,2-5,10-14,17-19H2,1H3/t23?,25-/m0/s1. The molecule has 224 valence electrons. The van der Waals surface area contributed by atoms with Gasteiger partial charge >= 0.3 is 0 Å². The second-order valence-electron chi connectivity index (χ2n) is 11.1. The van der Waals surface area contributed by atoms with E-state index in [-0.39, 0.29) is 43.0 Å². The lowest BCUT2D eigenvalue weighted by molar-refractivity contribution is -0.145. The molecule has 0 radical (unpaired) electrons. The first kappa shape index (κ1) is 30.4. The Balaban J connectivity index is 1.26. The van der Waals surface area contributed by atoms with Crippen molar-refractivity contribution in [1.82, 2.24) is 23.7 Å². The minimum absolute atomic E-state index is 0.0711. The van der Waals surface area contributed by atoms with Crippen molar-refractivity contribution < 1.29 is 26.4 Å². The molecule has 3 saturated heterocycles. The average molecular weight is 671 g/mol. The Morgan fingerprint density at radius 1 is 0.951 bits per heavy atom. The SMILES string of the molecule is CS(=O)(=O)N1CCN(C(=O)CN2CCC[C@H](NS(=O)(=O)c3ccc4cc(Br)ccc4c3)C2=O)C(CN2CCCC2)C1. The van der Waals surface area contributed by atoms with Crippen molar-refractivity contribution in [3.05, 3.63) is 40.9 Å². The molecule has 3 fully saturated rings. The van der Waals surface area contributed by atoms with Gasteiger partial charge in [-0.1, -0.05) is 28.1 Å². The summed E-state index contributed by atoms with van der Waals surface area (Å²) in [6.45, 7) is 3.28. The number of benzene rings is 2. The molecular formula is C27H36BrN5O6S2. The van der Waals surface area contributed by atoms with Gasteiger partial charge in [-0.3, -0.25) is 9.59 Å². The van der Waals surface area contributed by atoms with E-state index in [0.717, 1.165) is 41.2 Å². The van der Waals surface area contributed by atoms with Crippen LogP contribution in [0.1, 0.15) is 25.7 Å². The minimum atomic E-state index is -3.98. The fourth-order valence-corrected chi connectivity index (χ4v) is 8.45. The van der Waals surface area contributed by atoms with Crippen molar-refractivity contribution in [3.8, 4) is 0 Å². The largest absolute Gasteiger partial charge is 0.334 e. The molecule has 1 unspecified atom stereocenters. The quantitative estimate of drug-likeness (QED) is 0.451.